The van der Waals surface area contributed by atoms with Crippen LogP contribution in [0.1, 0.15) is 43.1 Å². The molecule has 1 saturated carbocycles. The summed E-state index contributed by atoms with van der Waals surface area (Å²) in [6.45, 7) is 4.45. The normalized spacial score (nSPS) is 25.0. The van der Waals surface area contributed by atoms with Crippen molar-refractivity contribution in [3.63, 3.8) is 0 Å². The second-order valence-corrected chi connectivity index (χ2v) is 6.09. The van der Waals surface area contributed by atoms with Gasteiger partial charge in [-0.05, 0) is 50.4 Å². The van der Waals surface area contributed by atoms with Crippen LogP contribution < -0.4 is 0 Å². The van der Waals surface area contributed by atoms with E-state index >= 15 is 0 Å². The highest BCUT2D eigenvalue weighted by Gasteiger charge is 2.34. The third-order valence-electron chi connectivity index (χ3n) is 4.72. The molecule has 3 heteroatoms. The van der Waals surface area contributed by atoms with Gasteiger partial charge >= 0.3 is 0 Å². The van der Waals surface area contributed by atoms with E-state index in [-0.39, 0.29) is 0 Å². The van der Waals surface area contributed by atoms with Crippen LogP contribution in [-0.4, -0.2) is 29.0 Å². The summed E-state index contributed by atoms with van der Waals surface area (Å²) in [5.74, 6) is 1.44. The van der Waals surface area contributed by atoms with Crippen LogP contribution in [0, 0.1) is 6.92 Å². The van der Waals surface area contributed by atoms with Gasteiger partial charge in [-0.3, -0.25) is 4.90 Å². The Bertz CT molecular complexity index is 600. The third kappa shape index (κ3) is 1.96. The number of likely N-dealkylation sites (tertiary alicyclic amines) is 1. The summed E-state index contributed by atoms with van der Waals surface area (Å²) in [7, 11) is 0. The van der Waals surface area contributed by atoms with E-state index in [2.05, 4.69) is 24.0 Å². The number of rotatable bonds is 2. The van der Waals surface area contributed by atoms with Gasteiger partial charge in [-0.15, -0.1) is 0 Å². The molecule has 1 aliphatic heterocycles. The zero-order chi connectivity index (χ0) is 12.8. The minimum Gasteiger partial charge on any atom is -0.440 e. The topological polar surface area (TPSA) is 29.3 Å². The lowest BCUT2D eigenvalue weighted by molar-refractivity contribution is 0.156. The van der Waals surface area contributed by atoms with E-state index < -0.39 is 0 Å². The molecule has 0 amide bonds. The number of hydrogen-bond acceptors (Lipinski definition) is 3. The van der Waals surface area contributed by atoms with Crippen molar-refractivity contribution < 1.29 is 4.42 Å². The SMILES string of the molecule is Cc1ccc2oc([C@H]3CCN(C4CCC4)C3)nc2c1. The Kier molecular flexibility index (Phi) is 2.62. The lowest BCUT2D eigenvalue weighted by Crippen LogP contribution is -2.38. The van der Waals surface area contributed by atoms with Crippen molar-refractivity contribution >= 4 is 11.1 Å². The first-order valence-corrected chi connectivity index (χ1v) is 7.41. The van der Waals surface area contributed by atoms with Crippen molar-refractivity contribution in [3.05, 3.63) is 29.7 Å². The summed E-state index contributed by atoms with van der Waals surface area (Å²) in [5, 5.41) is 0. The third-order valence-corrected chi connectivity index (χ3v) is 4.72. The van der Waals surface area contributed by atoms with Gasteiger partial charge in [0.15, 0.2) is 11.5 Å². The first kappa shape index (κ1) is 11.5. The number of aromatic nitrogens is 1. The smallest absolute Gasteiger partial charge is 0.199 e. The van der Waals surface area contributed by atoms with Crippen molar-refractivity contribution in [1.82, 2.24) is 9.88 Å². The van der Waals surface area contributed by atoms with E-state index in [1.807, 2.05) is 6.07 Å². The predicted molar refractivity (Wildman–Crippen MR) is 75.3 cm³/mol. The lowest BCUT2D eigenvalue weighted by Gasteiger charge is -2.34. The van der Waals surface area contributed by atoms with Gasteiger partial charge in [0.1, 0.15) is 5.52 Å². The van der Waals surface area contributed by atoms with E-state index in [0.717, 1.165) is 29.6 Å². The van der Waals surface area contributed by atoms with E-state index in [9.17, 15) is 0 Å². The fraction of sp³-hybridized carbons (Fsp3) is 0.562. The number of benzene rings is 1. The van der Waals surface area contributed by atoms with Gasteiger partial charge < -0.3 is 4.42 Å². The molecular weight excluding hydrogens is 236 g/mol. The fourth-order valence-corrected chi connectivity index (χ4v) is 3.30. The Morgan fingerprint density at radius 2 is 2.16 bits per heavy atom. The Labute approximate surface area is 113 Å². The molecule has 2 heterocycles. The summed E-state index contributed by atoms with van der Waals surface area (Å²) >= 11 is 0. The molecule has 100 valence electrons. The number of nitrogens with zero attached hydrogens (tertiary/aromatic N) is 2. The van der Waals surface area contributed by atoms with E-state index in [1.54, 1.807) is 0 Å². The van der Waals surface area contributed by atoms with Crippen LogP contribution in [0.2, 0.25) is 0 Å². The summed E-state index contributed by atoms with van der Waals surface area (Å²) in [6.07, 6.45) is 5.38. The molecule has 0 spiro atoms. The maximum atomic E-state index is 5.95. The number of oxazole rings is 1. The van der Waals surface area contributed by atoms with Crippen LogP contribution in [0.25, 0.3) is 11.1 Å². The van der Waals surface area contributed by atoms with Crippen LogP contribution in [-0.2, 0) is 0 Å². The first-order chi connectivity index (χ1) is 9.29. The molecule has 4 rings (SSSR count). The van der Waals surface area contributed by atoms with Crippen LogP contribution in [0.3, 0.4) is 0 Å². The Hall–Kier alpha value is -1.35. The highest BCUT2D eigenvalue weighted by atomic mass is 16.3. The highest BCUT2D eigenvalue weighted by Crippen LogP contribution is 2.34. The molecule has 2 aromatic rings. The largest absolute Gasteiger partial charge is 0.440 e. The molecule has 1 aliphatic carbocycles. The van der Waals surface area contributed by atoms with Crippen LogP contribution in [0.15, 0.2) is 22.6 Å². The molecule has 1 saturated heterocycles. The molecule has 2 fully saturated rings. The van der Waals surface area contributed by atoms with Gasteiger partial charge in [-0.1, -0.05) is 12.5 Å². The Morgan fingerprint density at radius 1 is 1.26 bits per heavy atom. The van der Waals surface area contributed by atoms with Crippen molar-refractivity contribution in [3.8, 4) is 0 Å². The average Bonchev–Trinajstić information content (AvgIpc) is 2.92. The maximum Gasteiger partial charge on any atom is 0.199 e. The summed E-state index contributed by atoms with van der Waals surface area (Å²) in [4.78, 5) is 7.33. The molecule has 1 aromatic heterocycles. The summed E-state index contributed by atoms with van der Waals surface area (Å²) in [6, 6.07) is 7.09. The van der Waals surface area contributed by atoms with Crippen molar-refractivity contribution in [1.29, 1.82) is 0 Å². The number of aryl methyl sites for hydroxylation is 1. The van der Waals surface area contributed by atoms with Gasteiger partial charge in [0, 0.05) is 18.5 Å². The van der Waals surface area contributed by atoms with E-state index in [1.165, 1.54) is 37.8 Å². The van der Waals surface area contributed by atoms with Gasteiger partial charge in [0.2, 0.25) is 0 Å². The molecule has 19 heavy (non-hydrogen) atoms. The van der Waals surface area contributed by atoms with Gasteiger partial charge in [0.05, 0.1) is 0 Å². The number of fused-ring (bicyclic) bond motifs is 1. The zero-order valence-electron chi connectivity index (χ0n) is 11.4. The van der Waals surface area contributed by atoms with Gasteiger partial charge in [0.25, 0.3) is 0 Å². The zero-order valence-corrected chi connectivity index (χ0v) is 11.4. The molecule has 0 unspecified atom stereocenters. The van der Waals surface area contributed by atoms with E-state index in [0.29, 0.717) is 5.92 Å². The van der Waals surface area contributed by atoms with Crippen molar-refractivity contribution in [2.75, 3.05) is 13.1 Å². The monoisotopic (exact) mass is 256 g/mol. The molecule has 1 atom stereocenters. The minimum absolute atomic E-state index is 0.494. The minimum atomic E-state index is 0.494. The van der Waals surface area contributed by atoms with Gasteiger partial charge in [-0.25, -0.2) is 4.98 Å². The van der Waals surface area contributed by atoms with Crippen molar-refractivity contribution in [2.45, 2.75) is 44.6 Å². The van der Waals surface area contributed by atoms with Crippen LogP contribution >= 0.6 is 0 Å². The second kappa shape index (κ2) is 4.34. The first-order valence-electron chi connectivity index (χ1n) is 7.41. The molecular formula is C16H20N2O. The summed E-state index contributed by atoms with van der Waals surface area (Å²) < 4.78 is 5.95. The molecule has 1 aromatic carbocycles. The lowest BCUT2D eigenvalue weighted by atomic mass is 9.92. The number of hydrogen-bond donors (Lipinski definition) is 0. The molecule has 2 aliphatic rings. The van der Waals surface area contributed by atoms with Crippen LogP contribution in [0.5, 0.6) is 0 Å². The van der Waals surface area contributed by atoms with Crippen LogP contribution in [0.4, 0.5) is 0 Å². The fourth-order valence-electron chi connectivity index (χ4n) is 3.30. The van der Waals surface area contributed by atoms with Gasteiger partial charge in [-0.2, -0.15) is 0 Å². The standard InChI is InChI=1S/C16H20N2O/c1-11-5-6-15-14(9-11)17-16(19-15)12-7-8-18(10-12)13-3-2-4-13/h5-6,9,12-13H,2-4,7-8,10H2,1H3/t12-/m0/s1. The molecule has 3 nitrogen and oxygen atoms in total. The Morgan fingerprint density at radius 3 is 2.95 bits per heavy atom. The second-order valence-electron chi connectivity index (χ2n) is 6.09. The van der Waals surface area contributed by atoms with Crippen molar-refractivity contribution in [2.24, 2.45) is 0 Å². The van der Waals surface area contributed by atoms with E-state index in [4.69, 9.17) is 9.40 Å². The molecule has 0 radical (unpaired) electrons. The quantitative estimate of drug-likeness (QED) is 0.823. The highest BCUT2D eigenvalue weighted by molar-refractivity contribution is 5.73. The predicted octanol–water partition coefficient (Wildman–Crippen LogP) is 3.48. The maximum absolute atomic E-state index is 5.95. The molecule has 0 bridgehead atoms. The summed E-state index contributed by atoms with van der Waals surface area (Å²) in [5.41, 5.74) is 3.19. The molecule has 0 N–H and O–H groups in total. The average molecular weight is 256 g/mol. The Balaban J connectivity index is 1.57.